The number of nitrogens with zero attached hydrogens (tertiary/aromatic N) is 3. The van der Waals surface area contributed by atoms with E-state index in [1.54, 1.807) is 11.9 Å². The number of H-pyrrole nitrogens is 1. The molecule has 0 aliphatic heterocycles. The molecule has 0 bridgehead atoms. The Morgan fingerprint density at radius 3 is 2.68 bits per heavy atom. The highest BCUT2D eigenvalue weighted by Gasteiger charge is 2.16. The van der Waals surface area contributed by atoms with E-state index in [1.807, 2.05) is 25.1 Å². The molecule has 1 aromatic heterocycles. The number of amides is 1. The average molecular weight is 258 g/mol. The van der Waals surface area contributed by atoms with Crippen LogP contribution in [0.15, 0.2) is 30.3 Å². The monoisotopic (exact) mass is 258 g/mol. The number of aromatic nitrogens is 3. The van der Waals surface area contributed by atoms with Crippen molar-refractivity contribution in [2.45, 2.75) is 19.8 Å². The first-order valence-corrected chi connectivity index (χ1v) is 6.41. The second kappa shape index (κ2) is 6.13. The van der Waals surface area contributed by atoms with Gasteiger partial charge in [0.05, 0.1) is 0 Å². The van der Waals surface area contributed by atoms with E-state index < -0.39 is 0 Å². The van der Waals surface area contributed by atoms with Crippen LogP contribution in [0.4, 0.5) is 0 Å². The van der Waals surface area contributed by atoms with E-state index in [4.69, 9.17) is 0 Å². The molecule has 0 radical (unpaired) electrons. The molecule has 1 N–H and O–H groups in total. The normalized spacial score (nSPS) is 10.4. The second-order valence-electron chi connectivity index (χ2n) is 4.42. The maximum Gasteiger partial charge on any atom is 0.293 e. The highest BCUT2D eigenvalue weighted by Crippen LogP contribution is 2.03. The maximum atomic E-state index is 12.1. The Balaban J connectivity index is 1.92. The smallest absolute Gasteiger partial charge is 0.293 e. The number of likely N-dealkylation sites (N-methyl/N-ethyl adjacent to an activating group) is 1. The summed E-state index contributed by atoms with van der Waals surface area (Å²) in [6.45, 7) is 2.62. The van der Waals surface area contributed by atoms with Gasteiger partial charge in [0.15, 0.2) is 0 Å². The fourth-order valence-corrected chi connectivity index (χ4v) is 1.76. The maximum absolute atomic E-state index is 12.1. The number of carbonyl (C=O) groups is 1. The third kappa shape index (κ3) is 3.40. The molecule has 0 aliphatic rings. The first-order chi connectivity index (χ1) is 9.20. The van der Waals surface area contributed by atoms with Crippen LogP contribution in [0.2, 0.25) is 0 Å². The summed E-state index contributed by atoms with van der Waals surface area (Å²) in [6, 6.07) is 10.1. The van der Waals surface area contributed by atoms with E-state index in [0.717, 1.165) is 18.7 Å². The largest absolute Gasteiger partial charge is 0.339 e. The summed E-state index contributed by atoms with van der Waals surface area (Å²) < 4.78 is 0. The van der Waals surface area contributed by atoms with Gasteiger partial charge in [-0.25, -0.2) is 4.98 Å². The van der Waals surface area contributed by atoms with Gasteiger partial charge in [-0.1, -0.05) is 37.3 Å². The molecule has 19 heavy (non-hydrogen) atoms. The molecule has 2 aromatic rings. The van der Waals surface area contributed by atoms with Crippen molar-refractivity contribution in [3.05, 3.63) is 47.5 Å². The standard InChI is InChI=1S/C14H18N4O/c1-3-12-15-13(17-16-12)14(19)18(2)10-9-11-7-5-4-6-8-11/h4-8H,3,9-10H2,1-2H3,(H,15,16,17). The zero-order valence-corrected chi connectivity index (χ0v) is 11.3. The molecule has 0 fully saturated rings. The molecule has 5 heteroatoms. The number of hydrogen-bond acceptors (Lipinski definition) is 3. The zero-order chi connectivity index (χ0) is 13.7. The van der Waals surface area contributed by atoms with E-state index in [0.29, 0.717) is 6.54 Å². The number of hydrogen-bond donors (Lipinski definition) is 1. The lowest BCUT2D eigenvalue weighted by Crippen LogP contribution is -2.29. The Kier molecular flexibility index (Phi) is 4.28. The highest BCUT2D eigenvalue weighted by molar-refractivity contribution is 5.90. The Bertz CT molecular complexity index is 535. The van der Waals surface area contributed by atoms with Crippen LogP contribution in [0.5, 0.6) is 0 Å². The molecule has 1 amide bonds. The van der Waals surface area contributed by atoms with Crippen molar-refractivity contribution in [2.24, 2.45) is 0 Å². The first kappa shape index (κ1) is 13.3. The molecular weight excluding hydrogens is 240 g/mol. The number of aryl methyl sites for hydroxylation is 1. The molecule has 0 aliphatic carbocycles. The van der Waals surface area contributed by atoms with Gasteiger partial charge in [0.2, 0.25) is 5.82 Å². The molecule has 1 aromatic carbocycles. The predicted molar refractivity (Wildman–Crippen MR) is 72.9 cm³/mol. The van der Waals surface area contributed by atoms with Crippen LogP contribution in [0.3, 0.4) is 0 Å². The van der Waals surface area contributed by atoms with Gasteiger partial charge in [0.25, 0.3) is 5.91 Å². The minimum absolute atomic E-state index is 0.146. The Morgan fingerprint density at radius 2 is 2.05 bits per heavy atom. The molecule has 5 nitrogen and oxygen atoms in total. The average Bonchev–Trinajstić information content (AvgIpc) is 2.94. The van der Waals surface area contributed by atoms with Crippen molar-refractivity contribution in [1.29, 1.82) is 0 Å². The quantitative estimate of drug-likeness (QED) is 0.887. The molecule has 0 spiro atoms. The van der Waals surface area contributed by atoms with Gasteiger partial charge in [-0.05, 0) is 12.0 Å². The molecule has 0 atom stereocenters. The SMILES string of the molecule is CCc1nc(C(=O)N(C)CCc2ccccc2)n[nH]1. The van der Waals surface area contributed by atoms with E-state index in [1.165, 1.54) is 5.56 Å². The van der Waals surface area contributed by atoms with Crippen molar-refractivity contribution < 1.29 is 4.79 Å². The summed E-state index contributed by atoms with van der Waals surface area (Å²) >= 11 is 0. The lowest BCUT2D eigenvalue weighted by molar-refractivity contribution is 0.0785. The van der Waals surface area contributed by atoms with Gasteiger partial charge in [0.1, 0.15) is 5.82 Å². The third-order valence-corrected chi connectivity index (χ3v) is 2.98. The van der Waals surface area contributed by atoms with Crippen LogP contribution in [0, 0.1) is 0 Å². The van der Waals surface area contributed by atoms with Crippen LogP contribution in [-0.4, -0.2) is 39.6 Å². The summed E-state index contributed by atoms with van der Waals surface area (Å²) in [5.74, 6) is 0.833. The first-order valence-electron chi connectivity index (χ1n) is 6.41. The summed E-state index contributed by atoms with van der Waals surface area (Å²) in [5, 5.41) is 6.69. The van der Waals surface area contributed by atoms with E-state index in [9.17, 15) is 4.79 Å². The van der Waals surface area contributed by atoms with Crippen molar-refractivity contribution in [1.82, 2.24) is 20.1 Å². The lowest BCUT2D eigenvalue weighted by Gasteiger charge is -2.14. The number of carbonyl (C=O) groups excluding carboxylic acids is 1. The van der Waals surface area contributed by atoms with Crippen LogP contribution in [0.25, 0.3) is 0 Å². The van der Waals surface area contributed by atoms with Crippen LogP contribution < -0.4 is 0 Å². The minimum Gasteiger partial charge on any atom is -0.339 e. The van der Waals surface area contributed by atoms with Crippen molar-refractivity contribution >= 4 is 5.91 Å². The molecule has 100 valence electrons. The third-order valence-electron chi connectivity index (χ3n) is 2.98. The molecule has 0 saturated carbocycles. The van der Waals surface area contributed by atoms with Crippen molar-refractivity contribution in [2.75, 3.05) is 13.6 Å². The van der Waals surface area contributed by atoms with Gasteiger partial charge in [0, 0.05) is 20.0 Å². The van der Waals surface area contributed by atoms with Crippen molar-refractivity contribution in [3.63, 3.8) is 0 Å². The Hall–Kier alpha value is -2.17. The number of benzene rings is 1. The predicted octanol–water partition coefficient (Wildman–Crippen LogP) is 1.68. The van der Waals surface area contributed by atoms with Crippen LogP contribution in [0.1, 0.15) is 28.9 Å². The number of aromatic amines is 1. The minimum atomic E-state index is -0.146. The summed E-state index contributed by atoms with van der Waals surface area (Å²) in [7, 11) is 1.77. The molecule has 1 heterocycles. The number of rotatable bonds is 5. The number of nitrogens with one attached hydrogen (secondary N) is 1. The molecule has 0 saturated heterocycles. The van der Waals surface area contributed by atoms with E-state index in [2.05, 4.69) is 27.3 Å². The van der Waals surface area contributed by atoms with Crippen LogP contribution in [-0.2, 0) is 12.8 Å². The highest BCUT2D eigenvalue weighted by atomic mass is 16.2. The van der Waals surface area contributed by atoms with Crippen LogP contribution >= 0.6 is 0 Å². The van der Waals surface area contributed by atoms with Gasteiger partial charge >= 0.3 is 0 Å². The van der Waals surface area contributed by atoms with E-state index in [-0.39, 0.29) is 11.7 Å². The molecule has 2 rings (SSSR count). The summed E-state index contributed by atoms with van der Waals surface area (Å²) in [4.78, 5) is 17.9. The summed E-state index contributed by atoms with van der Waals surface area (Å²) in [6.07, 6.45) is 1.57. The molecular formula is C14H18N4O. The van der Waals surface area contributed by atoms with Gasteiger partial charge < -0.3 is 4.90 Å². The van der Waals surface area contributed by atoms with Gasteiger partial charge in [-0.2, -0.15) is 0 Å². The fraction of sp³-hybridized carbons (Fsp3) is 0.357. The fourth-order valence-electron chi connectivity index (χ4n) is 1.76. The lowest BCUT2D eigenvalue weighted by atomic mass is 10.1. The van der Waals surface area contributed by atoms with Gasteiger partial charge in [-0.3, -0.25) is 9.89 Å². The van der Waals surface area contributed by atoms with Crippen molar-refractivity contribution in [3.8, 4) is 0 Å². The molecule has 0 unspecified atom stereocenters. The van der Waals surface area contributed by atoms with Gasteiger partial charge in [-0.15, -0.1) is 5.10 Å². The zero-order valence-electron chi connectivity index (χ0n) is 11.3. The van der Waals surface area contributed by atoms with E-state index >= 15 is 0 Å². The second-order valence-corrected chi connectivity index (χ2v) is 4.42. The Labute approximate surface area is 112 Å². The topological polar surface area (TPSA) is 61.9 Å². The summed E-state index contributed by atoms with van der Waals surface area (Å²) in [5.41, 5.74) is 1.21. The Morgan fingerprint density at radius 1 is 1.32 bits per heavy atom.